The lowest BCUT2D eigenvalue weighted by atomic mass is 9.99. The third-order valence-corrected chi connectivity index (χ3v) is 4.14. The van der Waals surface area contributed by atoms with E-state index in [2.05, 4.69) is 9.97 Å². The molecule has 6 nitrogen and oxygen atoms in total. The van der Waals surface area contributed by atoms with Crippen LogP contribution in [-0.2, 0) is 10.4 Å². The van der Waals surface area contributed by atoms with Gasteiger partial charge in [-0.1, -0.05) is 0 Å². The van der Waals surface area contributed by atoms with E-state index in [9.17, 15) is 23.1 Å². The Labute approximate surface area is 135 Å². The third kappa shape index (κ3) is 5.33. The Bertz CT molecular complexity index is 527. The fourth-order valence-corrected chi connectivity index (χ4v) is 2.71. The number of alkyl halides is 3. The summed E-state index contributed by atoms with van der Waals surface area (Å²) in [4.78, 5) is 17.7. The normalized spacial score (nSPS) is 15.9. The predicted molar refractivity (Wildman–Crippen MR) is 78.9 cm³/mol. The highest BCUT2D eigenvalue weighted by molar-refractivity contribution is 7.99. The molecule has 0 spiro atoms. The number of carboxylic acids is 1. The van der Waals surface area contributed by atoms with Gasteiger partial charge in [-0.3, -0.25) is 4.79 Å². The summed E-state index contributed by atoms with van der Waals surface area (Å²) in [5.41, 5.74) is 2.74. The molecule has 0 aliphatic heterocycles. The van der Waals surface area contributed by atoms with Gasteiger partial charge < -0.3 is 15.9 Å². The molecule has 1 heterocycles. The molecule has 2 atom stereocenters. The van der Waals surface area contributed by atoms with Gasteiger partial charge in [-0.2, -0.15) is 24.9 Å². The van der Waals surface area contributed by atoms with E-state index in [0.717, 1.165) is 11.8 Å². The Morgan fingerprint density at radius 3 is 2.39 bits per heavy atom. The number of carbonyl (C=O) groups is 1. The SMILES string of the molecule is Cc1cnc(C(O)(CCSCCC(N)C(=O)O)C(F)(F)F)nc1. The van der Waals surface area contributed by atoms with Crippen molar-refractivity contribution >= 4 is 17.7 Å². The lowest BCUT2D eigenvalue weighted by Crippen LogP contribution is -2.44. The Hall–Kier alpha value is -1.39. The van der Waals surface area contributed by atoms with E-state index >= 15 is 0 Å². The minimum absolute atomic E-state index is 0.0421. The lowest BCUT2D eigenvalue weighted by molar-refractivity contribution is -0.270. The monoisotopic (exact) mass is 353 g/mol. The van der Waals surface area contributed by atoms with E-state index in [4.69, 9.17) is 10.8 Å². The summed E-state index contributed by atoms with van der Waals surface area (Å²) in [5, 5.41) is 18.6. The van der Waals surface area contributed by atoms with E-state index in [1.807, 2.05) is 0 Å². The van der Waals surface area contributed by atoms with Crippen molar-refractivity contribution in [3.63, 3.8) is 0 Å². The Balaban J connectivity index is 2.66. The van der Waals surface area contributed by atoms with Crippen LogP contribution in [0.1, 0.15) is 24.2 Å². The molecule has 0 aliphatic rings. The zero-order chi connectivity index (χ0) is 17.7. The van der Waals surface area contributed by atoms with Crippen LogP contribution in [-0.4, -0.2) is 49.9 Å². The number of nitrogens with zero attached hydrogens (tertiary/aromatic N) is 2. The van der Waals surface area contributed by atoms with Gasteiger partial charge in [0.25, 0.3) is 0 Å². The number of rotatable bonds is 8. The number of hydrogen-bond donors (Lipinski definition) is 3. The largest absolute Gasteiger partial charge is 0.480 e. The van der Waals surface area contributed by atoms with Crippen molar-refractivity contribution in [2.45, 2.75) is 37.6 Å². The molecule has 0 saturated heterocycles. The first kappa shape index (κ1) is 19.7. The van der Waals surface area contributed by atoms with Gasteiger partial charge in [-0.15, -0.1) is 0 Å². The minimum atomic E-state index is -4.92. The highest BCUT2D eigenvalue weighted by Gasteiger charge is 2.56. The van der Waals surface area contributed by atoms with Crippen LogP contribution in [0.4, 0.5) is 13.2 Å². The lowest BCUT2D eigenvalue weighted by Gasteiger charge is -2.28. The summed E-state index contributed by atoms with van der Waals surface area (Å²) in [7, 11) is 0. The molecule has 0 fully saturated rings. The maximum absolute atomic E-state index is 13.2. The van der Waals surface area contributed by atoms with Crippen LogP contribution >= 0.6 is 11.8 Å². The molecule has 0 amide bonds. The van der Waals surface area contributed by atoms with Crippen LogP contribution in [0.5, 0.6) is 0 Å². The van der Waals surface area contributed by atoms with Crippen molar-refractivity contribution in [1.82, 2.24) is 9.97 Å². The standard InChI is InChI=1S/C13H18F3N3O3S/c1-8-6-18-11(19-7-8)12(22,13(14,15)16)3-5-23-4-2-9(17)10(20)21/h6-7,9,22H,2-5,17H2,1H3,(H,20,21). The predicted octanol–water partition coefficient (Wildman–Crippen LogP) is 1.46. The molecule has 1 aromatic heterocycles. The first-order valence-corrected chi connectivity index (χ1v) is 7.88. The van der Waals surface area contributed by atoms with Crippen LogP contribution in [0.15, 0.2) is 12.4 Å². The minimum Gasteiger partial charge on any atom is -0.480 e. The van der Waals surface area contributed by atoms with Gasteiger partial charge in [0.2, 0.25) is 5.60 Å². The van der Waals surface area contributed by atoms with Crippen molar-refractivity contribution < 1.29 is 28.2 Å². The van der Waals surface area contributed by atoms with Gasteiger partial charge in [-0.05, 0) is 30.4 Å². The summed E-state index contributed by atoms with van der Waals surface area (Å²) in [6, 6.07) is -1.05. The fourth-order valence-electron chi connectivity index (χ4n) is 1.64. The van der Waals surface area contributed by atoms with Gasteiger partial charge in [0.15, 0.2) is 5.82 Å². The zero-order valence-electron chi connectivity index (χ0n) is 12.4. The number of hydrogen-bond acceptors (Lipinski definition) is 6. The summed E-state index contributed by atoms with van der Waals surface area (Å²) >= 11 is 1.08. The third-order valence-electron chi connectivity index (χ3n) is 3.12. The van der Waals surface area contributed by atoms with E-state index in [1.165, 1.54) is 12.4 Å². The average Bonchev–Trinajstić information content (AvgIpc) is 2.45. The highest BCUT2D eigenvalue weighted by atomic mass is 32.2. The smallest absolute Gasteiger partial charge is 0.424 e. The maximum Gasteiger partial charge on any atom is 0.424 e. The molecule has 0 radical (unpaired) electrons. The number of nitrogens with two attached hydrogens (primary N) is 1. The molecule has 4 N–H and O–H groups in total. The molecular formula is C13H18F3N3O3S. The summed E-state index contributed by atoms with van der Waals surface area (Å²) < 4.78 is 39.6. The van der Waals surface area contributed by atoms with Crippen LogP contribution in [0, 0.1) is 6.92 Å². The molecule has 0 aliphatic carbocycles. The van der Waals surface area contributed by atoms with Crippen molar-refractivity contribution in [3.8, 4) is 0 Å². The second-order valence-corrected chi connectivity index (χ2v) is 6.26. The number of aromatic nitrogens is 2. The topological polar surface area (TPSA) is 109 Å². The molecule has 1 rings (SSSR count). The molecule has 0 saturated carbocycles. The number of aliphatic hydroxyl groups is 1. The highest BCUT2D eigenvalue weighted by Crippen LogP contribution is 2.40. The molecular weight excluding hydrogens is 335 g/mol. The van der Waals surface area contributed by atoms with E-state index in [0.29, 0.717) is 5.56 Å². The number of carboxylic acid groups (broad SMARTS) is 1. The fraction of sp³-hybridized carbons (Fsp3) is 0.615. The zero-order valence-corrected chi connectivity index (χ0v) is 13.2. The van der Waals surface area contributed by atoms with Crippen molar-refractivity contribution in [2.24, 2.45) is 5.73 Å². The second-order valence-electron chi connectivity index (χ2n) is 5.04. The van der Waals surface area contributed by atoms with E-state index < -0.39 is 36.0 Å². The summed E-state index contributed by atoms with van der Waals surface area (Å²) in [6.45, 7) is 1.62. The molecule has 0 aromatic carbocycles. The quantitative estimate of drug-likeness (QED) is 0.607. The molecule has 0 bridgehead atoms. The Morgan fingerprint density at radius 1 is 1.35 bits per heavy atom. The van der Waals surface area contributed by atoms with E-state index in [-0.39, 0.29) is 17.9 Å². The van der Waals surface area contributed by atoms with Gasteiger partial charge in [0, 0.05) is 18.8 Å². The molecule has 10 heteroatoms. The van der Waals surface area contributed by atoms with Crippen LogP contribution in [0.2, 0.25) is 0 Å². The number of halogens is 3. The molecule has 23 heavy (non-hydrogen) atoms. The number of aryl methyl sites for hydroxylation is 1. The molecule has 1 aromatic rings. The van der Waals surface area contributed by atoms with Gasteiger partial charge >= 0.3 is 12.1 Å². The first-order valence-electron chi connectivity index (χ1n) is 6.72. The van der Waals surface area contributed by atoms with Crippen LogP contribution in [0.3, 0.4) is 0 Å². The maximum atomic E-state index is 13.2. The van der Waals surface area contributed by atoms with Crippen molar-refractivity contribution in [3.05, 3.63) is 23.8 Å². The first-order chi connectivity index (χ1) is 10.6. The second kappa shape index (κ2) is 7.93. The molecule has 2 unspecified atom stereocenters. The van der Waals surface area contributed by atoms with Gasteiger partial charge in [0.1, 0.15) is 6.04 Å². The Morgan fingerprint density at radius 2 is 1.91 bits per heavy atom. The van der Waals surface area contributed by atoms with Gasteiger partial charge in [-0.25, -0.2) is 9.97 Å². The molecule has 130 valence electrons. The summed E-state index contributed by atoms with van der Waals surface area (Å²) in [6.07, 6.45) is -3.01. The van der Waals surface area contributed by atoms with Crippen molar-refractivity contribution in [1.29, 1.82) is 0 Å². The number of aliphatic carboxylic acids is 1. The average molecular weight is 353 g/mol. The van der Waals surface area contributed by atoms with Crippen LogP contribution in [0.25, 0.3) is 0 Å². The van der Waals surface area contributed by atoms with Crippen LogP contribution < -0.4 is 5.73 Å². The number of thioether (sulfide) groups is 1. The summed E-state index contributed by atoms with van der Waals surface area (Å²) in [5.74, 6) is -1.63. The van der Waals surface area contributed by atoms with Crippen molar-refractivity contribution in [2.75, 3.05) is 11.5 Å². The van der Waals surface area contributed by atoms with Gasteiger partial charge in [0.05, 0.1) is 0 Å². The Kier molecular flexibility index (Phi) is 6.78. The van der Waals surface area contributed by atoms with E-state index in [1.54, 1.807) is 6.92 Å².